The van der Waals surface area contributed by atoms with Gasteiger partial charge in [0.2, 0.25) is 5.91 Å². The van der Waals surface area contributed by atoms with Crippen LogP contribution in [0.5, 0.6) is 5.75 Å². The van der Waals surface area contributed by atoms with Crippen molar-refractivity contribution in [2.45, 2.75) is 13.3 Å². The molecule has 0 N–H and O–H groups in total. The summed E-state index contributed by atoms with van der Waals surface area (Å²) in [6.07, 6.45) is 1.83. The number of hydrogen-bond acceptors (Lipinski definition) is 4. The van der Waals surface area contributed by atoms with Crippen LogP contribution in [-0.2, 0) is 4.79 Å². The highest BCUT2D eigenvalue weighted by atomic mass is 16.5. The standard InChI is InChI=1S/C13H15N3O2/c1-11(17)16(8-4-7-14)15-10-12-5-3-6-13(9-12)18-2/h3,5-6,9-10H,4,8H2,1-2H3. The number of methoxy groups -OCH3 is 1. The fourth-order valence-corrected chi connectivity index (χ4v) is 1.31. The topological polar surface area (TPSA) is 65.7 Å². The highest BCUT2D eigenvalue weighted by Crippen LogP contribution is 2.11. The van der Waals surface area contributed by atoms with E-state index >= 15 is 0 Å². The number of hydrazone groups is 1. The maximum absolute atomic E-state index is 11.3. The molecule has 0 fully saturated rings. The molecule has 0 saturated carbocycles. The van der Waals surface area contributed by atoms with Gasteiger partial charge in [0, 0.05) is 6.92 Å². The van der Waals surface area contributed by atoms with Crippen molar-refractivity contribution in [1.82, 2.24) is 5.01 Å². The van der Waals surface area contributed by atoms with Crippen LogP contribution in [0, 0.1) is 11.3 Å². The Labute approximate surface area is 106 Å². The Kier molecular flexibility index (Phi) is 5.39. The van der Waals surface area contributed by atoms with Crippen LogP contribution in [0.2, 0.25) is 0 Å². The van der Waals surface area contributed by atoms with Gasteiger partial charge in [0.1, 0.15) is 5.75 Å². The van der Waals surface area contributed by atoms with E-state index in [2.05, 4.69) is 5.10 Å². The van der Waals surface area contributed by atoms with Gasteiger partial charge in [0.05, 0.1) is 32.4 Å². The minimum atomic E-state index is -0.190. The summed E-state index contributed by atoms with van der Waals surface area (Å²) >= 11 is 0. The minimum absolute atomic E-state index is 0.190. The fraction of sp³-hybridized carbons (Fsp3) is 0.308. The van der Waals surface area contributed by atoms with Gasteiger partial charge in [-0.3, -0.25) is 4.79 Å². The zero-order chi connectivity index (χ0) is 13.4. The van der Waals surface area contributed by atoms with Gasteiger partial charge in [-0.05, 0) is 17.7 Å². The molecule has 0 aliphatic rings. The van der Waals surface area contributed by atoms with Gasteiger partial charge in [0.25, 0.3) is 0 Å². The third-order valence-corrected chi connectivity index (χ3v) is 2.24. The van der Waals surface area contributed by atoms with E-state index in [1.165, 1.54) is 11.9 Å². The smallest absolute Gasteiger partial charge is 0.239 e. The number of carbonyl (C=O) groups is 1. The van der Waals surface area contributed by atoms with Gasteiger partial charge in [-0.2, -0.15) is 10.4 Å². The van der Waals surface area contributed by atoms with Gasteiger partial charge >= 0.3 is 0 Å². The number of nitriles is 1. The molecule has 0 atom stereocenters. The Morgan fingerprint density at radius 1 is 1.61 bits per heavy atom. The van der Waals surface area contributed by atoms with Crippen molar-refractivity contribution in [3.63, 3.8) is 0 Å². The summed E-state index contributed by atoms with van der Waals surface area (Å²) in [5.74, 6) is 0.537. The first-order chi connectivity index (χ1) is 8.67. The van der Waals surface area contributed by atoms with Crippen LogP contribution < -0.4 is 4.74 Å². The number of ether oxygens (including phenoxy) is 1. The molecule has 0 aliphatic carbocycles. The van der Waals surface area contributed by atoms with Gasteiger partial charge in [-0.15, -0.1) is 0 Å². The quantitative estimate of drug-likeness (QED) is 0.586. The molecule has 0 bridgehead atoms. The van der Waals surface area contributed by atoms with E-state index < -0.39 is 0 Å². The van der Waals surface area contributed by atoms with Crippen LogP contribution in [0.15, 0.2) is 29.4 Å². The van der Waals surface area contributed by atoms with Gasteiger partial charge < -0.3 is 4.74 Å². The van der Waals surface area contributed by atoms with E-state index in [4.69, 9.17) is 10.00 Å². The minimum Gasteiger partial charge on any atom is -0.497 e. The maximum atomic E-state index is 11.3. The maximum Gasteiger partial charge on any atom is 0.239 e. The van der Waals surface area contributed by atoms with Crippen molar-refractivity contribution in [2.75, 3.05) is 13.7 Å². The Morgan fingerprint density at radius 2 is 2.39 bits per heavy atom. The molecule has 0 aromatic heterocycles. The SMILES string of the molecule is COc1cccc(C=NN(CCC#N)C(C)=O)c1. The van der Waals surface area contributed by atoms with Crippen molar-refractivity contribution in [3.8, 4) is 11.8 Å². The lowest BCUT2D eigenvalue weighted by Gasteiger charge is -2.12. The number of rotatable bonds is 5. The van der Waals surface area contributed by atoms with Crippen molar-refractivity contribution >= 4 is 12.1 Å². The zero-order valence-corrected chi connectivity index (χ0v) is 10.5. The van der Waals surface area contributed by atoms with E-state index in [1.54, 1.807) is 13.3 Å². The predicted molar refractivity (Wildman–Crippen MR) is 68.2 cm³/mol. The second kappa shape index (κ2) is 7.07. The van der Waals surface area contributed by atoms with Crippen molar-refractivity contribution < 1.29 is 9.53 Å². The first-order valence-corrected chi connectivity index (χ1v) is 5.50. The van der Waals surface area contributed by atoms with Crippen LogP contribution >= 0.6 is 0 Å². The molecule has 5 heteroatoms. The molecule has 18 heavy (non-hydrogen) atoms. The van der Waals surface area contributed by atoms with Gasteiger partial charge in [0.15, 0.2) is 0 Å². The summed E-state index contributed by atoms with van der Waals surface area (Å²) in [7, 11) is 1.59. The Hall–Kier alpha value is -2.35. The Morgan fingerprint density at radius 3 is 3.00 bits per heavy atom. The van der Waals surface area contributed by atoms with Crippen LogP contribution in [-0.4, -0.2) is 30.8 Å². The van der Waals surface area contributed by atoms with Crippen LogP contribution in [0.3, 0.4) is 0 Å². The van der Waals surface area contributed by atoms with E-state index in [0.717, 1.165) is 11.3 Å². The predicted octanol–water partition coefficient (Wildman–Crippen LogP) is 1.79. The van der Waals surface area contributed by atoms with E-state index in [-0.39, 0.29) is 12.3 Å². The third-order valence-electron chi connectivity index (χ3n) is 2.24. The molecular weight excluding hydrogens is 230 g/mol. The van der Waals surface area contributed by atoms with E-state index in [0.29, 0.717) is 6.54 Å². The molecule has 1 rings (SSSR count). The van der Waals surface area contributed by atoms with Crippen molar-refractivity contribution in [3.05, 3.63) is 29.8 Å². The first kappa shape index (κ1) is 13.7. The Bertz CT molecular complexity index is 477. The number of nitrogens with zero attached hydrogens (tertiary/aromatic N) is 3. The molecule has 0 aliphatic heterocycles. The molecule has 0 radical (unpaired) electrons. The normalized spacial score (nSPS) is 10.1. The monoisotopic (exact) mass is 245 g/mol. The lowest BCUT2D eigenvalue weighted by Crippen LogP contribution is -2.24. The summed E-state index contributed by atoms with van der Waals surface area (Å²) in [6, 6.07) is 9.32. The summed E-state index contributed by atoms with van der Waals surface area (Å²) in [6.45, 7) is 1.71. The average molecular weight is 245 g/mol. The molecule has 0 unspecified atom stereocenters. The molecular formula is C13H15N3O2. The molecule has 1 aromatic rings. The molecule has 94 valence electrons. The number of amides is 1. The lowest BCUT2D eigenvalue weighted by molar-refractivity contribution is -0.128. The van der Waals surface area contributed by atoms with Crippen molar-refractivity contribution in [2.24, 2.45) is 5.10 Å². The summed E-state index contributed by atoms with van der Waals surface area (Å²) < 4.78 is 5.09. The summed E-state index contributed by atoms with van der Waals surface area (Å²) in [4.78, 5) is 11.3. The van der Waals surface area contributed by atoms with E-state index in [1.807, 2.05) is 30.3 Å². The molecule has 1 amide bonds. The first-order valence-electron chi connectivity index (χ1n) is 5.50. The molecule has 0 spiro atoms. The highest BCUT2D eigenvalue weighted by Gasteiger charge is 2.05. The molecule has 0 saturated heterocycles. The molecule has 1 aromatic carbocycles. The zero-order valence-electron chi connectivity index (χ0n) is 10.5. The number of carbonyl (C=O) groups excluding carboxylic acids is 1. The van der Waals surface area contributed by atoms with Crippen molar-refractivity contribution in [1.29, 1.82) is 5.26 Å². The lowest BCUT2D eigenvalue weighted by atomic mass is 10.2. The molecule has 5 nitrogen and oxygen atoms in total. The Balaban J connectivity index is 2.75. The van der Waals surface area contributed by atoms with Crippen LogP contribution in [0.4, 0.5) is 0 Å². The number of hydrogen-bond donors (Lipinski definition) is 0. The van der Waals surface area contributed by atoms with Crippen LogP contribution in [0.25, 0.3) is 0 Å². The summed E-state index contributed by atoms with van der Waals surface area (Å²) in [5, 5.41) is 13.8. The largest absolute Gasteiger partial charge is 0.497 e. The van der Waals surface area contributed by atoms with E-state index in [9.17, 15) is 4.79 Å². The third kappa shape index (κ3) is 4.26. The van der Waals surface area contributed by atoms with Gasteiger partial charge in [-0.25, -0.2) is 5.01 Å². The second-order valence-electron chi connectivity index (χ2n) is 3.57. The summed E-state index contributed by atoms with van der Waals surface area (Å²) in [5.41, 5.74) is 0.831. The van der Waals surface area contributed by atoms with Gasteiger partial charge in [-0.1, -0.05) is 12.1 Å². The molecule has 0 heterocycles. The second-order valence-corrected chi connectivity index (χ2v) is 3.57. The number of benzene rings is 1. The average Bonchev–Trinajstić information content (AvgIpc) is 2.38. The van der Waals surface area contributed by atoms with Crippen LogP contribution in [0.1, 0.15) is 18.9 Å². The highest BCUT2D eigenvalue weighted by molar-refractivity contribution is 5.82. The fourth-order valence-electron chi connectivity index (χ4n) is 1.31.